The molecule has 3 rings (SSSR count). The Morgan fingerprint density at radius 1 is 1.20 bits per heavy atom. The lowest BCUT2D eigenvalue weighted by molar-refractivity contribution is -0.935. The van der Waals surface area contributed by atoms with Crippen LogP contribution in [-0.4, -0.2) is 84.6 Å². The molecule has 3 aliphatic heterocycles. The minimum absolute atomic E-state index is 0.297. The first-order valence-corrected chi connectivity index (χ1v) is 7.70. The van der Waals surface area contributed by atoms with Gasteiger partial charge in [-0.15, -0.1) is 0 Å². The number of carbonyl (C=O) groups is 1. The van der Waals surface area contributed by atoms with E-state index in [0.29, 0.717) is 12.8 Å². The molecule has 0 unspecified atom stereocenters. The molecular formula is C14H27N4O2+. The van der Waals surface area contributed by atoms with Crippen molar-refractivity contribution in [1.29, 1.82) is 0 Å². The molecule has 0 spiro atoms. The van der Waals surface area contributed by atoms with E-state index in [9.17, 15) is 4.79 Å². The first-order chi connectivity index (χ1) is 9.40. The lowest BCUT2D eigenvalue weighted by Gasteiger charge is -2.34. The predicted molar refractivity (Wildman–Crippen MR) is 76.0 cm³/mol. The van der Waals surface area contributed by atoms with E-state index >= 15 is 0 Å². The van der Waals surface area contributed by atoms with Gasteiger partial charge in [0.2, 0.25) is 6.29 Å². The summed E-state index contributed by atoms with van der Waals surface area (Å²) in [7, 11) is 0. The quantitative estimate of drug-likeness (QED) is 0.755. The van der Waals surface area contributed by atoms with Gasteiger partial charge in [-0.1, -0.05) is 0 Å². The SMILES string of the molecule is CC(C)(C)OC(=O)NCC[N+]12CCN3CCN(CC1)C32. The Balaban J connectivity index is 1.50. The van der Waals surface area contributed by atoms with Crippen LogP contribution >= 0.6 is 0 Å². The Labute approximate surface area is 121 Å². The number of rotatable bonds is 3. The number of ether oxygens (including phenoxy) is 1. The minimum atomic E-state index is -0.420. The Kier molecular flexibility index (Phi) is 3.43. The number of hydrogen-bond acceptors (Lipinski definition) is 4. The van der Waals surface area contributed by atoms with Gasteiger partial charge in [-0.2, -0.15) is 0 Å². The molecule has 1 amide bonds. The van der Waals surface area contributed by atoms with Crippen LogP contribution in [0.2, 0.25) is 0 Å². The van der Waals surface area contributed by atoms with E-state index in [2.05, 4.69) is 15.1 Å². The Bertz CT molecular complexity index is 377. The van der Waals surface area contributed by atoms with Gasteiger partial charge in [-0.05, 0) is 20.8 Å². The van der Waals surface area contributed by atoms with Crippen LogP contribution in [0.1, 0.15) is 20.8 Å². The Morgan fingerprint density at radius 2 is 1.80 bits per heavy atom. The second kappa shape index (κ2) is 4.86. The van der Waals surface area contributed by atoms with Gasteiger partial charge < -0.3 is 10.1 Å². The van der Waals surface area contributed by atoms with Crippen LogP contribution in [0.3, 0.4) is 0 Å². The summed E-state index contributed by atoms with van der Waals surface area (Å²) in [5.74, 6) is 0. The molecule has 0 aliphatic carbocycles. The van der Waals surface area contributed by atoms with Crippen molar-refractivity contribution in [3.8, 4) is 0 Å². The van der Waals surface area contributed by atoms with E-state index in [1.165, 1.54) is 39.3 Å². The standard InChI is InChI=1S/C14H26N4O2/c1-14(2,3)20-12(19)15-4-9-18-10-7-16-5-6-17(8-11-18)13(16)18/h13H,4-11H2,1-3H3/p+1. The zero-order valence-electron chi connectivity index (χ0n) is 12.9. The second-order valence-corrected chi connectivity index (χ2v) is 7.24. The second-order valence-electron chi connectivity index (χ2n) is 7.24. The third-order valence-electron chi connectivity index (χ3n) is 4.71. The van der Waals surface area contributed by atoms with Gasteiger partial charge in [0, 0.05) is 13.1 Å². The number of hydrogen-bond donors (Lipinski definition) is 1. The van der Waals surface area contributed by atoms with Crippen molar-refractivity contribution in [3.63, 3.8) is 0 Å². The molecule has 0 aromatic carbocycles. The zero-order chi connectivity index (χ0) is 14.4. The molecule has 3 aliphatic rings. The van der Waals surface area contributed by atoms with Crippen molar-refractivity contribution in [3.05, 3.63) is 0 Å². The predicted octanol–water partition coefficient (Wildman–Crippen LogP) is 0.256. The first-order valence-electron chi connectivity index (χ1n) is 7.70. The molecule has 1 N–H and O–H groups in total. The molecule has 0 aromatic heterocycles. The highest BCUT2D eigenvalue weighted by atomic mass is 16.6. The van der Waals surface area contributed by atoms with Gasteiger partial charge in [0.05, 0.1) is 39.3 Å². The summed E-state index contributed by atoms with van der Waals surface area (Å²) in [6.07, 6.45) is 0.282. The van der Waals surface area contributed by atoms with Crippen molar-refractivity contribution in [1.82, 2.24) is 15.1 Å². The average Bonchev–Trinajstić information content (AvgIpc) is 2.94. The highest BCUT2D eigenvalue weighted by Gasteiger charge is 2.56. The minimum Gasteiger partial charge on any atom is -0.444 e. The number of carbonyl (C=O) groups excluding carboxylic acids is 1. The fourth-order valence-electron chi connectivity index (χ4n) is 3.90. The van der Waals surface area contributed by atoms with Crippen LogP contribution in [0.15, 0.2) is 0 Å². The normalized spacial score (nSPS) is 33.5. The summed E-state index contributed by atoms with van der Waals surface area (Å²) in [5.41, 5.74) is -0.420. The third-order valence-corrected chi connectivity index (χ3v) is 4.71. The monoisotopic (exact) mass is 283 g/mol. The summed E-state index contributed by atoms with van der Waals surface area (Å²) in [5, 5.41) is 2.91. The number of nitrogens with zero attached hydrogens (tertiary/aromatic N) is 3. The van der Waals surface area contributed by atoms with Gasteiger partial charge in [-0.3, -0.25) is 4.48 Å². The summed E-state index contributed by atoms with van der Waals surface area (Å²) in [6.45, 7) is 14.7. The summed E-state index contributed by atoms with van der Waals surface area (Å²) >= 11 is 0. The molecule has 0 saturated carbocycles. The lowest BCUT2D eigenvalue weighted by Crippen LogP contribution is -2.55. The van der Waals surface area contributed by atoms with Gasteiger partial charge in [-0.25, -0.2) is 14.6 Å². The first kappa shape index (κ1) is 14.1. The Hall–Kier alpha value is -0.850. The lowest BCUT2D eigenvalue weighted by atomic mass is 10.2. The largest absolute Gasteiger partial charge is 0.444 e. The maximum absolute atomic E-state index is 11.7. The van der Waals surface area contributed by atoms with Crippen LogP contribution in [0.25, 0.3) is 0 Å². The third kappa shape index (κ3) is 2.52. The number of quaternary nitrogens is 1. The fourth-order valence-corrected chi connectivity index (χ4v) is 3.90. The molecule has 6 nitrogen and oxygen atoms in total. The van der Waals surface area contributed by atoms with Gasteiger partial charge >= 0.3 is 6.09 Å². The summed E-state index contributed by atoms with van der Waals surface area (Å²) in [4.78, 5) is 16.9. The molecule has 3 heterocycles. The molecule has 0 aromatic rings. The van der Waals surface area contributed by atoms with Crippen LogP contribution in [0.4, 0.5) is 4.79 Å². The molecule has 0 radical (unpaired) electrons. The van der Waals surface area contributed by atoms with Crippen LogP contribution in [0, 0.1) is 0 Å². The molecule has 3 fully saturated rings. The van der Waals surface area contributed by atoms with Crippen molar-refractivity contribution in [2.24, 2.45) is 0 Å². The van der Waals surface area contributed by atoms with E-state index in [0.717, 1.165) is 11.0 Å². The van der Waals surface area contributed by atoms with Crippen LogP contribution in [0.5, 0.6) is 0 Å². The van der Waals surface area contributed by atoms with E-state index in [-0.39, 0.29) is 6.09 Å². The summed E-state index contributed by atoms with van der Waals surface area (Å²) in [6, 6.07) is 0. The highest BCUT2D eigenvalue weighted by molar-refractivity contribution is 5.67. The maximum atomic E-state index is 11.7. The average molecular weight is 283 g/mol. The molecule has 3 saturated heterocycles. The van der Waals surface area contributed by atoms with Crippen molar-refractivity contribution >= 4 is 6.09 Å². The molecule has 0 atom stereocenters. The molecule has 20 heavy (non-hydrogen) atoms. The zero-order valence-corrected chi connectivity index (χ0v) is 12.9. The van der Waals surface area contributed by atoms with Crippen molar-refractivity contribution in [2.45, 2.75) is 32.7 Å². The van der Waals surface area contributed by atoms with Crippen molar-refractivity contribution < 1.29 is 14.0 Å². The van der Waals surface area contributed by atoms with Crippen LogP contribution in [-0.2, 0) is 4.74 Å². The number of nitrogens with one attached hydrogen (secondary N) is 1. The highest BCUT2D eigenvalue weighted by Crippen LogP contribution is 2.35. The van der Waals surface area contributed by atoms with Crippen LogP contribution < -0.4 is 5.32 Å². The van der Waals surface area contributed by atoms with Gasteiger partial charge in [0.1, 0.15) is 5.60 Å². The fraction of sp³-hybridized carbons (Fsp3) is 0.929. The maximum Gasteiger partial charge on any atom is 0.407 e. The molecular weight excluding hydrogens is 256 g/mol. The topological polar surface area (TPSA) is 44.8 Å². The molecule has 6 heteroatoms. The van der Waals surface area contributed by atoms with E-state index in [1.54, 1.807) is 0 Å². The molecule has 0 bridgehead atoms. The van der Waals surface area contributed by atoms with Gasteiger partial charge in [0.15, 0.2) is 0 Å². The van der Waals surface area contributed by atoms with E-state index < -0.39 is 5.60 Å². The number of alkyl carbamates (subject to hydrolysis) is 1. The number of amides is 1. The van der Waals surface area contributed by atoms with E-state index in [4.69, 9.17) is 4.74 Å². The molecule has 114 valence electrons. The summed E-state index contributed by atoms with van der Waals surface area (Å²) < 4.78 is 6.42. The smallest absolute Gasteiger partial charge is 0.407 e. The Morgan fingerprint density at radius 3 is 2.35 bits per heavy atom. The van der Waals surface area contributed by atoms with Gasteiger partial charge in [0.25, 0.3) is 0 Å². The van der Waals surface area contributed by atoms with Crippen molar-refractivity contribution in [2.75, 3.05) is 52.4 Å². The van der Waals surface area contributed by atoms with E-state index in [1.807, 2.05) is 20.8 Å².